The largest absolute Gasteiger partial charge is 0.389 e. The number of rotatable bonds is 6. The molecule has 0 bridgehead atoms. The van der Waals surface area contributed by atoms with Crippen LogP contribution in [0.15, 0.2) is 0 Å². The van der Waals surface area contributed by atoms with Gasteiger partial charge in [-0.05, 0) is 0 Å². The topological polar surface area (TPSA) is 70.6 Å². The van der Waals surface area contributed by atoms with E-state index in [4.69, 9.17) is 4.84 Å². The lowest BCUT2D eigenvalue weighted by atomic mass is 10.3. The highest BCUT2D eigenvalue weighted by Gasteiger charge is 2.04. The zero-order chi connectivity index (χ0) is 10.3. The second-order valence-electron chi connectivity index (χ2n) is 3.19. The third-order valence-corrected chi connectivity index (χ3v) is 1.25. The monoisotopic (exact) mass is 190 g/mol. The van der Waals surface area contributed by atoms with Gasteiger partial charge in [-0.1, -0.05) is 13.8 Å². The molecule has 5 heteroatoms. The molecule has 1 amide bonds. The van der Waals surface area contributed by atoms with E-state index in [2.05, 4.69) is 10.8 Å². The van der Waals surface area contributed by atoms with Crippen LogP contribution in [0.2, 0.25) is 0 Å². The number of hydrogen-bond acceptors (Lipinski definition) is 4. The minimum atomic E-state index is -0.603. The van der Waals surface area contributed by atoms with Gasteiger partial charge in [-0.25, -0.2) is 5.48 Å². The third kappa shape index (κ3) is 9.26. The summed E-state index contributed by atoms with van der Waals surface area (Å²) < 4.78 is 0. The Balaban J connectivity index is 3.29. The summed E-state index contributed by atoms with van der Waals surface area (Å²) in [5.74, 6) is -0.274. The average Bonchev–Trinajstić information content (AvgIpc) is 2.00. The lowest BCUT2D eigenvalue weighted by Crippen LogP contribution is -2.36. The van der Waals surface area contributed by atoms with E-state index < -0.39 is 6.10 Å². The summed E-state index contributed by atoms with van der Waals surface area (Å²) in [5.41, 5.74) is 2.14. The normalized spacial score (nSPS) is 13.0. The Morgan fingerprint density at radius 3 is 2.62 bits per heavy atom. The second-order valence-corrected chi connectivity index (χ2v) is 3.19. The molecule has 0 aliphatic heterocycles. The number of carbonyl (C=O) groups is 1. The Hall–Kier alpha value is -0.650. The number of amides is 1. The zero-order valence-corrected chi connectivity index (χ0v) is 8.33. The standard InChI is InChI=1S/C8H18N2O3/c1-6(2)9-4-8(12)5-13-10-7(3)11/h6,8-9,12H,4-5H2,1-3H3,(H,10,11)/t8-/m1/s1. The minimum Gasteiger partial charge on any atom is -0.389 e. The highest BCUT2D eigenvalue weighted by atomic mass is 16.7. The highest BCUT2D eigenvalue weighted by molar-refractivity contribution is 5.71. The first-order chi connectivity index (χ1) is 6.02. The summed E-state index contributed by atoms with van der Waals surface area (Å²) in [6.45, 7) is 5.87. The maximum absolute atomic E-state index is 10.4. The van der Waals surface area contributed by atoms with E-state index in [1.807, 2.05) is 13.8 Å². The quantitative estimate of drug-likeness (QED) is 0.490. The van der Waals surface area contributed by atoms with Crippen LogP contribution in [0.1, 0.15) is 20.8 Å². The molecule has 0 unspecified atom stereocenters. The lowest BCUT2D eigenvalue weighted by Gasteiger charge is -2.13. The van der Waals surface area contributed by atoms with E-state index in [-0.39, 0.29) is 12.5 Å². The number of nitrogens with one attached hydrogen (secondary N) is 2. The Morgan fingerprint density at radius 2 is 2.15 bits per heavy atom. The fourth-order valence-electron chi connectivity index (χ4n) is 0.670. The molecule has 0 saturated heterocycles. The van der Waals surface area contributed by atoms with Gasteiger partial charge in [0.2, 0.25) is 5.91 Å². The van der Waals surface area contributed by atoms with E-state index >= 15 is 0 Å². The minimum absolute atomic E-state index is 0.0965. The number of hydroxylamine groups is 1. The Kier molecular flexibility index (Phi) is 6.48. The van der Waals surface area contributed by atoms with Gasteiger partial charge in [-0.2, -0.15) is 0 Å². The first kappa shape index (κ1) is 12.3. The van der Waals surface area contributed by atoms with Crippen LogP contribution < -0.4 is 10.8 Å². The van der Waals surface area contributed by atoms with Gasteiger partial charge in [0.05, 0.1) is 6.10 Å². The van der Waals surface area contributed by atoms with E-state index in [1.54, 1.807) is 0 Å². The molecule has 0 rings (SSSR count). The van der Waals surface area contributed by atoms with Crippen molar-refractivity contribution >= 4 is 5.91 Å². The first-order valence-corrected chi connectivity index (χ1v) is 4.32. The van der Waals surface area contributed by atoms with Crippen LogP contribution in [-0.4, -0.2) is 36.3 Å². The summed E-state index contributed by atoms with van der Waals surface area (Å²) >= 11 is 0. The smallest absolute Gasteiger partial charge is 0.240 e. The van der Waals surface area contributed by atoms with Gasteiger partial charge < -0.3 is 10.4 Å². The molecule has 0 heterocycles. The van der Waals surface area contributed by atoms with E-state index in [1.165, 1.54) is 6.92 Å². The molecule has 0 spiro atoms. The molecule has 0 aromatic carbocycles. The van der Waals surface area contributed by atoms with Crippen LogP contribution in [-0.2, 0) is 9.63 Å². The molecule has 0 aliphatic rings. The van der Waals surface area contributed by atoms with Crippen molar-refractivity contribution in [3.8, 4) is 0 Å². The van der Waals surface area contributed by atoms with E-state index in [0.29, 0.717) is 12.6 Å². The van der Waals surface area contributed by atoms with Crippen LogP contribution in [0.5, 0.6) is 0 Å². The summed E-state index contributed by atoms with van der Waals surface area (Å²) in [4.78, 5) is 15.1. The van der Waals surface area contributed by atoms with Crippen LogP contribution in [0.4, 0.5) is 0 Å². The molecule has 13 heavy (non-hydrogen) atoms. The van der Waals surface area contributed by atoms with E-state index in [0.717, 1.165) is 0 Å². The van der Waals surface area contributed by atoms with Gasteiger partial charge in [0, 0.05) is 19.5 Å². The molecule has 1 atom stereocenters. The van der Waals surface area contributed by atoms with Crippen molar-refractivity contribution in [1.29, 1.82) is 0 Å². The van der Waals surface area contributed by atoms with Gasteiger partial charge in [0.1, 0.15) is 6.61 Å². The first-order valence-electron chi connectivity index (χ1n) is 4.32. The number of carbonyl (C=O) groups excluding carboxylic acids is 1. The third-order valence-electron chi connectivity index (χ3n) is 1.25. The maximum Gasteiger partial charge on any atom is 0.240 e. The molecule has 0 fully saturated rings. The van der Waals surface area contributed by atoms with Crippen molar-refractivity contribution in [2.75, 3.05) is 13.2 Å². The van der Waals surface area contributed by atoms with Crippen LogP contribution in [0, 0.1) is 0 Å². The molecular weight excluding hydrogens is 172 g/mol. The molecule has 0 aliphatic carbocycles. The molecule has 0 radical (unpaired) electrons. The Bertz CT molecular complexity index is 150. The summed E-state index contributed by atoms with van der Waals surface area (Å²) in [7, 11) is 0. The maximum atomic E-state index is 10.4. The summed E-state index contributed by atoms with van der Waals surface area (Å²) in [5, 5.41) is 12.3. The summed E-state index contributed by atoms with van der Waals surface area (Å²) in [6.07, 6.45) is -0.603. The van der Waals surface area contributed by atoms with Crippen molar-refractivity contribution < 1.29 is 14.7 Å². The van der Waals surface area contributed by atoms with Gasteiger partial charge in [-0.15, -0.1) is 0 Å². The van der Waals surface area contributed by atoms with Gasteiger partial charge in [0.15, 0.2) is 0 Å². The molecule has 5 nitrogen and oxygen atoms in total. The van der Waals surface area contributed by atoms with Gasteiger partial charge in [-0.3, -0.25) is 9.63 Å². The molecule has 0 saturated carbocycles. The van der Waals surface area contributed by atoms with Crippen LogP contribution >= 0.6 is 0 Å². The second kappa shape index (κ2) is 6.82. The number of aliphatic hydroxyl groups is 1. The predicted molar refractivity (Wildman–Crippen MR) is 48.9 cm³/mol. The lowest BCUT2D eigenvalue weighted by molar-refractivity contribution is -0.133. The number of aliphatic hydroxyl groups excluding tert-OH is 1. The van der Waals surface area contributed by atoms with E-state index in [9.17, 15) is 9.90 Å². The van der Waals surface area contributed by atoms with Gasteiger partial charge >= 0.3 is 0 Å². The van der Waals surface area contributed by atoms with Crippen molar-refractivity contribution in [1.82, 2.24) is 10.8 Å². The molecule has 78 valence electrons. The van der Waals surface area contributed by atoms with Crippen LogP contribution in [0.25, 0.3) is 0 Å². The van der Waals surface area contributed by atoms with Gasteiger partial charge in [0.25, 0.3) is 0 Å². The summed E-state index contributed by atoms with van der Waals surface area (Å²) in [6, 6.07) is 0.329. The average molecular weight is 190 g/mol. The Morgan fingerprint density at radius 1 is 1.54 bits per heavy atom. The predicted octanol–water partition coefficient (Wildman–Crippen LogP) is -0.587. The highest BCUT2D eigenvalue weighted by Crippen LogP contribution is 1.83. The van der Waals surface area contributed by atoms with Crippen molar-refractivity contribution in [2.24, 2.45) is 0 Å². The van der Waals surface area contributed by atoms with Crippen LogP contribution in [0.3, 0.4) is 0 Å². The Labute approximate surface area is 78.4 Å². The fourth-order valence-corrected chi connectivity index (χ4v) is 0.670. The molecular formula is C8H18N2O3. The molecule has 0 aromatic rings. The van der Waals surface area contributed by atoms with Crippen molar-refractivity contribution in [3.63, 3.8) is 0 Å². The number of hydrogen-bond donors (Lipinski definition) is 3. The molecule has 3 N–H and O–H groups in total. The SMILES string of the molecule is CC(=O)NOC[C@H](O)CNC(C)C. The molecule has 0 aromatic heterocycles. The zero-order valence-electron chi connectivity index (χ0n) is 8.33. The van der Waals surface area contributed by atoms with Crippen molar-refractivity contribution in [2.45, 2.75) is 32.9 Å². The van der Waals surface area contributed by atoms with Crippen molar-refractivity contribution in [3.05, 3.63) is 0 Å². The fraction of sp³-hybridized carbons (Fsp3) is 0.875.